The van der Waals surface area contributed by atoms with Crippen molar-refractivity contribution in [2.45, 2.75) is 18.9 Å². The van der Waals surface area contributed by atoms with E-state index in [0.717, 1.165) is 19.4 Å². The lowest BCUT2D eigenvalue weighted by atomic mass is 10.1. The van der Waals surface area contributed by atoms with Crippen molar-refractivity contribution in [3.05, 3.63) is 52.8 Å². The number of likely N-dealkylation sites (tertiary alicyclic amines) is 1. The Kier molecular flexibility index (Phi) is 4.89. The topological polar surface area (TPSA) is 61.1 Å². The molecule has 1 aliphatic heterocycles. The van der Waals surface area contributed by atoms with Crippen molar-refractivity contribution in [2.75, 3.05) is 18.4 Å². The SMILES string of the molecule is Cn1cccc1[C@@H]1CCCN1CC(=O)Nc1cc(Cl)ccc1C#N. The first-order valence-electron chi connectivity index (χ1n) is 7.93. The van der Waals surface area contributed by atoms with Gasteiger partial charge >= 0.3 is 0 Å². The van der Waals surface area contributed by atoms with Gasteiger partial charge in [-0.1, -0.05) is 11.6 Å². The van der Waals surface area contributed by atoms with E-state index in [1.165, 1.54) is 5.69 Å². The van der Waals surface area contributed by atoms with Gasteiger partial charge in [0.25, 0.3) is 0 Å². The molecule has 0 radical (unpaired) electrons. The first-order valence-corrected chi connectivity index (χ1v) is 8.31. The maximum atomic E-state index is 12.4. The molecule has 1 aromatic heterocycles. The molecule has 2 heterocycles. The molecule has 1 saturated heterocycles. The zero-order chi connectivity index (χ0) is 17.1. The molecule has 1 amide bonds. The predicted octanol–water partition coefficient (Wildman–Crippen LogP) is 3.33. The Bertz CT molecular complexity index is 793. The normalized spacial score (nSPS) is 17.6. The van der Waals surface area contributed by atoms with E-state index in [0.29, 0.717) is 22.8 Å². The molecular weight excluding hydrogens is 324 g/mol. The molecule has 2 aromatic rings. The third-order valence-corrected chi connectivity index (χ3v) is 4.65. The zero-order valence-corrected chi connectivity index (χ0v) is 14.3. The molecule has 0 saturated carbocycles. The quantitative estimate of drug-likeness (QED) is 0.927. The van der Waals surface area contributed by atoms with Crippen LogP contribution in [0.15, 0.2) is 36.5 Å². The van der Waals surface area contributed by atoms with E-state index in [9.17, 15) is 4.79 Å². The van der Waals surface area contributed by atoms with E-state index in [-0.39, 0.29) is 11.9 Å². The summed E-state index contributed by atoms with van der Waals surface area (Å²) in [5, 5.41) is 12.5. The molecule has 124 valence electrons. The molecule has 5 nitrogen and oxygen atoms in total. The first kappa shape index (κ1) is 16.6. The molecule has 24 heavy (non-hydrogen) atoms. The van der Waals surface area contributed by atoms with Gasteiger partial charge in [-0.2, -0.15) is 5.26 Å². The fourth-order valence-corrected chi connectivity index (χ4v) is 3.43. The Morgan fingerprint density at radius 3 is 3.00 bits per heavy atom. The number of anilines is 1. The summed E-state index contributed by atoms with van der Waals surface area (Å²) in [6.07, 6.45) is 4.15. The zero-order valence-electron chi connectivity index (χ0n) is 13.5. The molecule has 1 aromatic carbocycles. The Morgan fingerprint density at radius 2 is 2.29 bits per heavy atom. The van der Waals surface area contributed by atoms with Crippen LogP contribution in [0.5, 0.6) is 0 Å². The van der Waals surface area contributed by atoms with Gasteiger partial charge in [-0.3, -0.25) is 9.69 Å². The van der Waals surface area contributed by atoms with Crippen LogP contribution >= 0.6 is 11.6 Å². The first-order chi connectivity index (χ1) is 11.6. The van der Waals surface area contributed by atoms with Crippen molar-refractivity contribution in [3.8, 4) is 6.07 Å². The number of hydrogen-bond donors (Lipinski definition) is 1. The standard InChI is InChI=1S/C18H19ClN4O/c1-22-8-2-4-16(22)17-5-3-9-23(17)12-18(24)21-15-10-14(19)7-6-13(15)11-20/h2,4,6-8,10,17H,3,5,9,12H2,1H3,(H,21,24)/t17-/m0/s1. The van der Waals surface area contributed by atoms with Crippen molar-refractivity contribution < 1.29 is 4.79 Å². The summed E-state index contributed by atoms with van der Waals surface area (Å²) in [6, 6.07) is 11.3. The van der Waals surface area contributed by atoms with Crippen LogP contribution in [0.25, 0.3) is 0 Å². The molecule has 1 N–H and O–H groups in total. The number of nitrogens with zero attached hydrogens (tertiary/aromatic N) is 3. The van der Waals surface area contributed by atoms with Crippen LogP contribution in [0.1, 0.15) is 30.1 Å². The van der Waals surface area contributed by atoms with Gasteiger partial charge in [0.05, 0.1) is 23.8 Å². The lowest BCUT2D eigenvalue weighted by Crippen LogP contribution is -2.33. The van der Waals surface area contributed by atoms with Crippen molar-refractivity contribution in [1.82, 2.24) is 9.47 Å². The van der Waals surface area contributed by atoms with Crippen LogP contribution in [-0.4, -0.2) is 28.5 Å². The monoisotopic (exact) mass is 342 g/mol. The summed E-state index contributed by atoms with van der Waals surface area (Å²) in [6.45, 7) is 1.19. The predicted molar refractivity (Wildman–Crippen MR) is 93.8 cm³/mol. The molecule has 1 aliphatic rings. The van der Waals surface area contributed by atoms with Gasteiger partial charge < -0.3 is 9.88 Å². The van der Waals surface area contributed by atoms with Gasteiger partial charge in [-0.25, -0.2) is 0 Å². The minimum atomic E-state index is -0.130. The van der Waals surface area contributed by atoms with Crippen LogP contribution in [0.3, 0.4) is 0 Å². The second kappa shape index (κ2) is 7.08. The lowest BCUT2D eigenvalue weighted by Gasteiger charge is -2.24. The van der Waals surface area contributed by atoms with Crippen molar-refractivity contribution in [2.24, 2.45) is 7.05 Å². The molecule has 0 bridgehead atoms. The molecule has 0 aliphatic carbocycles. The van der Waals surface area contributed by atoms with Crippen LogP contribution in [0.2, 0.25) is 5.02 Å². The highest BCUT2D eigenvalue weighted by atomic mass is 35.5. The Hall–Kier alpha value is -2.29. The largest absolute Gasteiger partial charge is 0.353 e. The van der Waals surface area contributed by atoms with Crippen LogP contribution in [0.4, 0.5) is 5.69 Å². The highest BCUT2D eigenvalue weighted by Crippen LogP contribution is 2.31. The van der Waals surface area contributed by atoms with Gasteiger partial charge in [0, 0.05) is 24.0 Å². The number of aryl methyl sites for hydroxylation is 1. The van der Waals surface area contributed by atoms with Crippen molar-refractivity contribution in [1.29, 1.82) is 5.26 Å². The van der Waals surface area contributed by atoms with E-state index in [1.807, 2.05) is 19.3 Å². The highest BCUT2D eigenvalue weighted by molar-refractivity contribution is 6.31. The molecular formula is C18H19ClN4O. The van der Waals surface area contributed by atoms with Crippen LogP contribution in [-0.2, 0) is 11.8 Å². The molecule has 1 fully saturated rings. The summed E-state index contributed by atoms with van der Waals surface area (Å²) >= 11 is 5.96. The smallest absolute Gasteiger partial charge is 0.238 e. The summed E-state index contributed by atoms with van der Waals surface area (Å²) in [7, 11) is 2.02. The third-order valence-electron chi connectivity index (χ3n) is 4.41. The van der Waals surface area contributed by atoms with Gasteiger partial charge in [-0.15, -0.1) is 0 Å². The third kappa shape index (κ3) is 3.45. The van der Waals surface area contributed by atoms with E-state index < -0.39 is 0 Å². The Labute approximate surface area is 146 Å². The molecule has 6 heteroatoms. The van der Waals surface area contributed by atoms with Gasteiger partial charge in [0.2, 0.25) is 5.91 Å². The van der Waals surface area contributed by atoms with E-state index in [2.05, 4.69) is 26.9 Å². The fraction of sp³-hybridized carbons (Fsp3) is 0.333. The lowest BCUT2D eigenvalue weighted by molar-refractivity contribution is -0.117. The van der Waals surface area contributed by atoms with Crippen LogP contribution < -0.4 is 5.32 Å². The number of nitriles is 1. The number of benzene rings is 1. The minimum absolute atomic E-state index is 0.130. The number of carbonyl (C=O) groups excluding carboxylic acids is 1. The maximum absolute atomic E-state index is 12.4. The summed E-state index contributed by atoms with van der Waals surface area (Å²) < 4.78 is 2.10. The van der Waals surface area contributed by atoms with Gasteiger partial charge in [-0.05, 0) is 49.7 Å². The van der Waals surface area contributed by atoms with Crippen molar-refractivity contribution in [3.63, 3.8) is 0 Å². The Balaban J connectivity index is 1.70. The number of rotatable bonds is 4. The number of carbonyl (C=O) groups is 1. The summed E-state index contributed by atoms with van der Waals surface area (Å²) in [5.41, 5.74) is 2.10. The average molecular weight is 343 g/mol. The fourth-order valence-electron chi connectivity index (χ4n) is 3.26. The number of aromatic nitrogens is 1. The van der Waals surface area contributed by atoms with E-state index >= 15 is 0 Å². The van der Waals surface area contributed by atoms with Gasteiger partial charge in [0.1, 0.15) is 6.07 Å². The number of amides is 1. The van der Waals surface area contributed by atoms with Gasteiger partial charge in [0.15, 0.2) is 0 Å². The maximum Gasteiger partial charge on any atom is 0.238 e. The van der Waals surface area contributed by atoms with Crippen LogP contribution in [0, 0.1) is 11.3 Å². The van der Waals surface area contributed by atoms with E-state index in [1.54, 1.807) is 18.2 Å². The minimum Gasteiger partial charge on any atom is -0.353 e. The number of nitrogens with one attached hydrogen (secondary N) is 1. The molecule has 3 rings (SSSR count). The molecule has 0 spiro atoms. The second-order valence-electron chi connectivity index (χ2n) is 6.02. The van der Waals surface area contributed by atoms with Crippen molar-refractivity contribution >= 4 is 23.2 Å². The van der Waals surface area contributed by atoms with E-state index in [4.69, 9.17) is 16.9 Å². The number of halogens is 1. The molecule has 1 atom stereocenters. The second-order valence-corrected chi connectivity index (χ2v) is 6.46. The Morgan fingerprint density at radius 1 is 1.46 bits per heavy atom. The summed E-state index contributed by atoms with van der Waals surface area (Å²) in [5.74, 6) is -0.130. The number of hydrogen-bond acceptors (Lipinski definition) is 3. The summed E-state index contributed by atoms with van der Waals surface area (Å²) in [4.78, 5) is 14.6. The average Bonchev–Trinajstić information content (AvgIpc) is 3.16. The molecule has 0 unspecified atom stereocenters. The highest BCUT2D eigenvalue weighted by Gasteiger charge is 2.29.